The number of nitrogens with zero attached hydrogens (tertiary/aromatic N) is 9. The van der Waals surface area contributed by atoms with Gasteiger partial charge in [-0.05, 0) is 166 Å². The van der Waals surface area contributed by atoms with E-state index in [0.717, 1.165) is 52.0 Å². The maximum absolute atomic E-state index is 5.03. The summed E-state index contributed by atoms with van der Waals surface area (Å²) in [5.74, 6) is 4.83. The van der Waals surface area contributed by atoms with Crippen molar-refractivity contribution >= 4 is 66.3 Å². The zero-order chi connectivity index (χ0) is 88.0. The topological polar surface area (TPSA) is 198 Å². The predicted octanol–water partition coefficient (Wildman–Crippen LogP) is 27.1. The molecule has 3 aromatic heterocycles. The summed E-state index contributed by atoms with van der Waals surface area (Å²) in [6.07, 6.45) is 0. The van der Waals surface area contributed by atoms with Gasteiger partial charge in [0.15, 0.2) is 0 Å². The second-order valence-corrected chi connectivity index (χ2v) is 52.8. The quantitative estimate of drug-likeness (QED) is 0.0319. The Morgan fingerprint density at radius 2 is 0.325 bits per heavy atom. The van der Waals surface area contributed by atoms with Gasteiger partial charge in [0.05, 0.1) is 92.1 Å². The first kappa shape index (κ1) is 114. The van der Waals surface area contributed by atoms with E-state index >= 15 is 0 Å². The van der Waals surface area contributed by atoms with Crippen LogP contribution in [0.3, 0.4) is 0 Å². The van der Waals surface area contributed by atoms with Gasteiger partial charge in [0.2, 0.25) is 17.8 Å². The van der Waals surface area contributed by atoms with Gasteiger partial charge in [-0.2, -0.15) is 29.9 Å². The van der Waals surface area contributed by atoms with Crippen molar-refractivity contribution in [2.45, 2.75) is 234 Å². The van der Waals surface area contributed by atoms with Crippen LogP contribution in [0.25, 0.3) is 34.2 Å². The van der Waals surface area contributed by atoms with E-state index in [-0.39, 0.29) is 60.3 Å². The third-order valence-electron chi connectivity index (χ3n) is 17.9. The van der Waals surface area contributed by atoms with Gasteiger partial charge < -0.3 is 15.0 Å². The van der Waals surface area contributed by atoms with Crippen LogP contribution in [0, 0.1) is 0 Å². The Morgan fingerprint density at radius 3 is 0.447 bits per heavy atom. The molecule has 15 nitrogen and oxygen atoms in total. The molecule has 669 valence electrons. The second kappa shape index (κ2) is 67.6. The van der Waals surface area contributed by atoms with E-state index in [2.05, 4.69) is 233 Å². The fourth-order valence-electron chi connectivity index (χ4n) is 12.4. The first-order chi connectivity index (χ1) is 57.6. The predicted molar refractivity (Wildman–Crippen MR) is 543 cm³/mol. The monoisotopic (exact) mass is 2310 g/mol. The molecule has 123 heavy (non-hydrogen) atoms. The molecule has 3 heterocycles. The van der Waals surface area contributed by atoms with Crippen LogP contribution < -0.4 is 32.1 Å². The molecule has 0 aliphatic rings. The Labute approximate surface area is 788 Å². The van der Waals surface area contributed by atoms with Crippen LogP contribution in [0.5, 0.6) is 0 Å². The number of H-pyrrole nitrogens is 3. The van der Waals surface area contributed by atoms with Gasteiger partial charge in [-0.3, -0.25) is 0 Å². The maximum atomic E-state index is 5.03. The summed E-state index contributed by atoms with van der Waals surface area (Å²) in [6, 6.07) is 103. The van der Waals surface area contributed by atoms with Gasteiger partial charge in [0.25, 0.3) is 16.9 Å². The van der Waals surface area contributed by atoms with Gasteiger partial charge in [-0.1, -0.05) is 324 Å². The standard InChI is InChI=1S/3C21H35N5P2.6C6H6.3Ir/c3*1-14(2)27(15(3)4)25-20-22-19(18-12-10-9-11-13-18)23-21(24-20)26-28(16(5)6)17(7)8;6*1-2-4-6-5-3-1;;;/h3*9-17H,1-8H3,(H2,22,23,24,25,26);6*1-6H;;;/p+6. The fraction of sp³-hybridized carbons (Fsp3) is 0.364. The molecule has 3 radical (unpaired) electrons. The molecule has 0 fully saturated rings. The maximum Gasteiger partial charge on any atom is 0.288 e. The zero-order valence-electron chi connectivity index (χ0n) is 77.4. The molecule has 12 rings (SSSR count). The Morgan fingerprint density at radius 1 is 0.195 bits per heavy atom. The summed E-state index contributed by atoms with van der Waals surface area (Å²) >= 11 is 0. The average molecular weight is 2310 g/mol. The van der Waals surface area contributed by atoms with Crippen LogP contribution in [0.2, 0.25) is 0 Å². The van der Waals surface area contributed by atoms with Crippen molar-refractivity contribution in [1.82, 2.24) is 44.9 Å². The molecule has 0 amide bonds. The van der Waals surface area contributed by atoms with Gasteiger partial charge >= 0.3 is 0 Å². The summed E-state index contributed by atoms with van der Waals surface area (Å²) in [5.41, 5.74) is 11.8. The average Bonchev–Trinajstić information content (AvgIpc) is 0.831. The van der Waals surface area contributed by atoms with Crippen molar-refractivity contribution in [3.8, 4) is 34.2 Å². The summed E-state index contributed by atoms with van der Waals surface area (Å²) in [6.45, 7) is 54.4. The Balaban J connectivity index is 0.000000752. The summed E-state index contributed by atoms with van der Waals surface area (Å²) in [4.78, 5) is 38.9. The van der Waals surface area contributed by atoms with E-state index < -0.39 is 48.4 Å². The van der Waals surface area contributed by atoms with Crippen LogP contribution >= 0.6 is 48.4 Å². The molecule has 0 unspecified atom stereocenters. The van der Waals surface area contributed by atoms with Crippen molar-refractivity contribution in [2.75, 3.05) is 15.3 Å². The molecule has 0 aliphatic heterocycles. The smallest absolute Gasteiger partial charge is 0.288 e. The van der Waals surface area contributed by atoms with E-state index in [9.17, 15) is 0 Å². The van der Waals surface area contributed by atoms with E-state index in [1.165, 1.54) is 0 Å². The summed E-state index contributed by atoms with van der Waals surface area (Å²) < 4.78 is 15.1. The number of benzene rings is 9. The number of hydrogen-bond donors (Lipinski definition) is 6. The largest absolute Gasteiger partial charge is 0.307 e. The number of aromatic nitrogens is 9. The summed E-state index contributed by atoms with van der Waals surface area (Å²) in [7, 11) is -5.25. The van der Waals surface area contributed by atoms with E-state index in [0.29, 0.717) is 84.8 Å². The zero-order valence-corrected chi connectivity index (χ0v) is 90.6. The third-order valence-corrected chi connectivity index (χ3v) is 35.4. The minimum Gasteiger partial charge on any atom is -0.307 e. The molecule has 0 saturated heterocycles. The molecule has 9 aromatic carbocycles. The molecular weight excluding hydrogens is 2160 g/mol. The van der Waals surface area contributed by atoms with Crippen LogP contribution in [0.1, 0.15) is 166 Å². The number of hydrogen-bond acceptors (Lipinski definition) is 12. The molecular formula is C99H147Ir3N15P6+6. The van der Waals surface area contributed by atoms with Gasteiger partial charge in [0, 0.05) is 77.0 Å². The number of nitrogens with one attached hydrogen (secondary N) is 6. The molecule has 0 saturated carbocycles. The molecule has 6 N–H and O–H groups in total. The minimum atomic E-state index is -0.939. The van der Waals surface area contributed by atoms with E-state index in [4.69, 9.17) is 44.2 Å². The number of rotatable bonds is 24. The molecule has 12 aromatic rings. The second-order valence-electron chi connectivity index (χ2n) is 32.3. The van der Waals surface area contributed by atoms with Crippen molar-refractivity contribution in [2.24, 2.45) is 14.3 Å². The Hall–Kier alpha value is -6.66. The number of aromatic amines is 3. The Bertz CT molecular complexity index is 3930. The van der Waals surface area contributed by atoms with E-state index in [1.54, 1.807) is 0 Å². The van der Waals surface area contributed by atoms with Crippen LogP contribution in [-0.4, -0.2) is 113 Å². The number of anilines is 3. The van der Waals surface area contributed by atoms with Crippen LogP contribution in [-0.2, 0) is 60.3 Å². The molecule has 0 bridgehead atoms. The molecule has 0 aliphatic carbocycles. The van der Waals surface area contributed by atoms with Crippen molar-refractivity contribution in [3.05, 3.63) is 326 Å². The molecule has 24 heteroatoms. The summed E-state index contributed by atoms with van der Waals surface area (Å²) in [5, 5.41) is 11.1. The Kier molecular flexibility index (Phi) is 62.9. The van der Waals surface area contributed by atoms with Crippen molar-refractivity contribution < 1.29 is 60.3 Å². The van der Waals surface area contributed by atoms with Gasteiger partial charge in [0.1, 0.15) is 41.7 Å². The van der Waals surface area contributed by atoms with Crippen molar-refractivity contribution in [1.29, 1.82) is 0 Å². The fourth-order valence-corrected chi connectivity index (χ4v) is 25.9. The molecule has 0 atom stereocenters. The van der Waals surface area contributed by atoms with E-state index in [1.807, 2.05) is 273 Å². The first-order valence-electron chi connectivity index (χ1n) is 42.8. The minimum absolute atomic E-state index is 0. The normalized spacial score (nSPS) is 11.2. The third kappa shape index (κ3) is 49.3. The van der Waals surface area contributed by atoms with Crippen LogP contribution in [0.15, 0.2) is 324 Å². The van der Waals surface area contributed by atoms with Crippen molar-refractivity contribution in [3.63, 3.8) is 0 Å². The first-order valence-corrected chi connectivity index (χ1v) is 52.6. The SMILES string of the molecule is CC(C)[PH+](/N=c1\nc(N[PH+](C(C)C)C(C)C)[nH]c(-c2ccccc2)n1)C(C)C.CC(C)[PH+](/N=c1\nc(N[PH+](C(C)C)C(C)C)[nH]c(-c2ccccc2)n1)C(C)C.CC(C)[PH+](/N=c1\nc(N[PH+](C(C)C)C(C)C)[nH]c(-c2ccccc2)n1)C(C)C.[Ir].[Ir].[Ir].c1ccccc1.c1ccccc1.c1ccccc1.c1ccccc1.c1ccccc1.c1ccccc1. The van der Waals surface area contributed by atoms with Gasteiger partial charge in [-0.25, -0.2) is 15.3 Å². The van der Waals surface area contributed by atoms with Crippen LogP contribution in [0.4, 0.5) is 17.8 Å². The van der Waals surface area contributed by atoms with Gasteiger partial charge in [-0.15, -0.1) is 0 Å². The molecule has 0 spiro atoms.